The maximum atomic E-state index is 13.0. The van der Waals surface area contributed by atoms with Gasteiger partial charge in [0.05, 0.1) is 12.1 Å². The number of halogens is 1. The highest BCUT2D eigenvalue weighted by Crippen LogP contribution is 2.14. The Morgan fingerprint density at radius 2 is 2.41 bits per heavy atom. The van der Waals surface area contributed by atoms with Crippen LogP contribution in [0.1, 0.15) is 31.4 Å². The molecular formula is C13H17FN2O. The highest BCUT2D eigenvalue weighted by atomic mass is 19.1. The summed E-state index contributed by atoms with van der Waals surface area (Å²) in [6.07, 6.45) is 1.91. The van der Waals surface area contributed by atoms with Gasteiger partial charge in [-0.25, -0.2) is 4.39 Å². The van der Waals surface area contributed by atoms with Crippen LogP contribution in [0.4, 0.5) is 4.39 Å². The van der Waals surface area contributed by atoms with E-state index >= 15 is 0 Å². The largest absolute Gasteiger partial charge is 0.348 e. The van der Waals surface area contributed by atoms with Crippen LogP contribution in [0, 0.1) is 5.82 Å². The Balaban J connectivity index is 1.96. The van der Waals surface area contributed by atoms with Crippen molar-refractivity contribution in [2.45, 2.75) is 31.8 Å². The molecule has 1 amide bonds. The summed E-state index contributed by atoms with van der Waals surface area (Å²) >= 11 is 0. The Kier molecular flexibility index (Phi) is 3.74. The molecule has 2 N–H and O–H groups in total. The van der Waals surface area contributed by atoms with Gasteiger partial charge in [-0.2, -0.15) is 0 Å². The van der Waals surface area contributed by atoms with Crippen LogP contribution in [-0.2, 0) is 4.79 Å². The number of rotatable bonds is 3. The van der Waals surface area contributed by atoms with Gasteiger partial charge in [0.2, 0.25) is 5.91 Å². The molecule has 0 saturated carbocycles. The fraction of sp³-hybridized carbons (Fsp3) is 0.462. The lowest BCUT2D eigenvalue weighted by molar-refractivity contribution is -0.123. The van der Waals surface area contributed by atoms with Gasteiger partial charge in [-0.1, -0.05) is 12.1 Å². The minimum atomic E-state index is -0.275. The molecule has 3 nitrogen and oxygen atoms in total. The second-order valence-corrected chi connectivity index (χ2v) is 4.43. The third-order valence-corrected chi connectivity index (χ3v) is 3.08. The average Bonchev–Trinajstić information content (AvgIpc) is 2.82. The van der Waals surface area contributed by atoms with Crippen molar-refractivity contribution < 1.29 is 9.18 Å². The van der Waals surface area contributed by atoms with Gasteiger partial charge < -0.3 is 10.6 Å². The molecule has 92 valence electrons. The fourth-order valence-corrected chi connectivity index (χ4v) is 2.08. The maximum Gasteiger partial charge on any atom is 0.237 e. The van der Waals surface area contributed by atoms with Crippen LogP contribution in [0.3, 0.4) is 0 Å². The van der Waals surface area contributed by atoms with Gasteiger partial charge in [-0.15, -0.1) is 0 Å². The van der Waals surface area contributed by atoms with Crippen LogP contribution < -0.4 is 10.6 Å². The van der Waals surface area contributed by atoms with E-state index in [1.165, 1.54) is 12.1 Å². The molecule has 4 heteroatoms. The van der Waals surface area contributed by atoms with E-state index in [9.17, 15) is 9.18 Å². The number of carbonyl (C=O) groups is 1. The lowest BCUT2D eigenvalue weighted by Gasteiger charge is -2.17. The molecule has 1 aromatic carbocycles. The lowest BCUT2D eigenvalue weighted by atomic mass is 10.1. The highest BCUT2D eigenvalue weighted by Gasteiger charge is 2.23. The summed E-state index contributed by atoms with van der Waals surface area (Å²) in [6.45, 7) is 2.76. The average molecular weight is 236 g/mol. The van der Waals surface area contributed by atoms with Gasteiger partial charge >= 0.3 is 0 Å². The summed E-state index contributed by atoms with van der Waals surface area (Å²) in [5.41, 5.74) is 0.788. The third kappa shape index (κ3) is 3.03. The molecule has 17 heavy (non-hydrogen) atoms. The minimum absolute atomic E-state index is 0.000684. The van der Waals surface area contributed by atoms with Crippen molar-refractivity contribution >= 4 is 5.91 Å². The van der Waals surface area contributed by atoms with Crippen molar-refractivity contribution in [3.05, 3.63) is 35.6 Å². The minimum Gasteiger partial charge on any atom is -0.348 e. The molecule has 2 atom stereocenters. The molecule has 1 aromatic rings. The summed E-state index contributed by atoms with van der Waals surface area (Å²) in [5, 5.41) is 6.04. The van der Waals surface area contributed by atoms with E-state index in [2.05, 4.69) is 10.6 Å². The fourth-order valence-electron chi connectivity index (χ4n) is 2.08. The zero-order valence-electron chi connectivity index (χ0n) is 9.87. The first-order chi connectivity index (χ1) is 8.16. The standard InChI is InChI=1S/C13H17FN2O/c1-9(10-4-2-5-11(14)8-10)16-13(17)12-6-3-7-15-12/h2,4-5,8-9,12,15H,3,6-7H2,1H3,(H,16,17). The summed E-state index contributed by atoms with van der Waals surface area (Å²) < 4.78 is 13.0. The van der Waals surface area contributed by atoms with E-state index in [1.807, 2.05) is 13.0 Å². The van der Waals surface area contributed by atoms with Gasteiger partial charge in [-0.05, 0) is 44.0 Å². The number of hydrogen-bond donors (Lipinski definition) is 2. The molecule has 0 aliphatic carbocycles. The summed E-state index contributed by atoms with van der Waals surface area (Å²) in [6, 6.07) is 6.06. The zero-order chi connectivity index (χ0) is 12.3. The molecule has 1 aliphatic rings. The van der Waals surface area contributed by atoms with Crippen LogP contribution in [0.2, 0.25) is 0 Å². The zero-order valence-corrected chi connectivity index (χ0v) is 9.87. The molecule has 0 radical (unpaired) electrons. The molecular weight excluding hydrogens is 219 g/mol. The van der Waals surface area contributed by atoms with Crippen molar-refractivity contribution in [2.75, 3.05) is 6.54 Å². The van der Waals surface area contributed by atoms with Gasteiger partial charge in [0.15, 0.2) is 0 Å². The Morgan fingerprint density at radius 1 is 1.59 bits per heavy atom. The van der Waals surface area contributed by atoms with E-state index < -0.39 is 0 Å². The first kappa shape index (κ1) is 12.0. The Hall–Kier alpha value is -1.42. The van der Waals surface area contributed by atoms with Crippen molar-refractivity contribution in [3.8, 4) is 0 Å². The van der Waals surface area contributed by atoms with E-state index in [4.69, 9.17) is 0 Å². The summed E-state index contributed by atoms with van der Waals surface area (Å²) in [7, 11) is 0. The smallest absolute Gasteiger partial charge is 0.237 e. The molecule has 0 bridgehead atoms. The Labute approximate surface area is 100 Å². The van der Waals surface area contributed by atoms with Gasteiger partial charge in [-0.3, -0.25) is 4.79 Å². The van der Waals surface area contributed by atoms with Crippen LogP contribution in [0.15, 0.2) is 24.3 Å². The molecule has 2 rings (SSSR count). The van der Waals surface area contributed by atoms with Crippen molar-refractivity contribution in [1.29, 1.82) is 0 Å². The van der Waals surface area contributed by atoms with Gasteiger partial charge in [0.1, 0.15) is 5.82 Å². The Morgan fingerprint density at radius 3 is 3.06 bits per heavy atom. The van der Waals surface area contributed by atoms with Crippen molar-refractivity contribution in [1.82, 2.24) is 10.6 Å². The Bertz CT molecular complexity index is 402. The lowest BCUT2D eigenvalue weighted by Crippen LogP contribution is -2.41. The SMILES string of the molecule is CC(NC(=O)C1CCCN1)c1cccc(F)c1. The molecule has 1 aliphatic heterocycles. The van der Waals surface area contributed by atoms with E-state index in [-0.39, 0.29) is 23.8 Å². The predicted octanol–water partition coefficient (Wildman–Crippen LogP) is 1.75. The van der Waals surface area contributed by atoms with E-state index in [0.717, 1.165) is 24.9 Å². The number of nitrogens with one attached hydrogen (secondary N) is 2. The number of carbonyl (C=O) groups excluding carboxylic acids is 1. The summed E-state index contributed by atoms with van der Waals surface area (Å²) in [4.78, 5) is 11.8. The normalized spacial score (nSPS) is 21.2. The van der Waals surface area contributed by atoms with E-state index in [0.29, 0.717) is 0 Å². The van der Waals surface area contributed by atoms with Gasteiger partial charge in [0, 0.05) is 0 Å². The molecule has 1 heterocycles. The molecule has 0 spiro atoms. The first-order valence-corrected chi connectivity index (χ1v) is 5.96. The van der Waals surface area contributed by atoms with Crippen LogP contribution in [0.5, 0.6) is 0 Å². The molecule has 2 unspecified atom stereocenters. The first-order valence-electron chi connectivity index (χ1n) is 5.96. The van der Waals surface area contributed by atoms with Crippen LogP contribution >= 0.6 is 0 Å². The van der Waals surface area contributed by atoms with Crippen LogP contribution in [-0.4, -0.2) is 18.5 Å². The van der Waals surface area contributed by atoms with Gasteiger partial charge in [0.25, 0.3) is 0 Å². The second-order valence-electron chi connectivity index (χ2n) is 4.43. The molecule has 0 aromatic heterocycles. The topological polar surface area (TPSA) is 41.1 Å². The maximum absolute atomic E-state index is 13.0. The van der Waals surface area contributed by atoms with Crippen LogP contribution in [0.25, 0.3) is 0 Å². The number of hydrogen-bond acceptors (Lipinski definition) is 2. The highest BCUT2D eigenvalue weighted by molar-refractivity contribution is 5.82. The number of benzene rings is 1. The molecule has 1 fully saturated rings. The number of amides is 1. The quantitative estimate of drug-likeness (QED) is 0.839. The second kappa shape index (κ2) is 5.27. The molecule has 1 saturated heterocycles. The summed E-state index contributed by atoms with van der Waals surface area (Å²) in [5.74, 6) is -0.276. The van der Waals surface area contributed by atoms with Crippen molar-refractivity contribution in [2.24, 2.45) is 0 Å². The van der Waals surface area contributed by atoms with E-state index in [1.54, 1.807) is 6.07 Å². The van der Waals surface area contributed by atoms with Crippen molar-refractivity contribution in [3.63, 3.8) is 0 Å². The monoisotopic (exact) mass is 236 g/mol. The predicted molar refractivity (Wildman–Crippen MR) is 64.0 cm³/mol. The third-order valence-electron chi connectivity index (χ3n) is 3.08.